The molecule has 0 radical (unpaired) electrons. The lowest BCUT2D eigenvalue weighted by Gasteiger charge is -2.30. The maximum atomic E-state index is 14.2. The molecule has 0 aromatic heterocycles. The maximum Gasteiger partial charge on any atom is 0.407 e. The zero-order chi connectivity index (χ0) is 28.8. The van der Waals surface area contributed by atoms with Crippen LogP contribution in [-0.2, 0) is 21.1 Å². The molecule has 3 atom stereocenters. The number of amides is 1. The number of hydrogen-bond acceptors (Lipinski definition) is 5. The van der Waals surface area contributed by atoms with Crippen molar-refractivity contribution in [3.63, 3.8) is 0 Å². The Morgan fingerprint density at radius 1 is 0.923 bits per heavy atom. The van der Waals surface area contributed by atoms with Crippen molar-refractivity contribution in [3.8, 4) is 17.2 Å². The fourth-order valence-corrected chi connectivity index (χ4v) is 4.76. The van der Waals surface area contributed by atoms with E-state index < -0.39 is 46.0 Å². The largest absolute Gasteiger partial charge is 0.407 e. The van der Waals surface area contributed by atoms with E-state index in [1.165, 1.54) is 36.4 Å². The van der Waals surface area contributed by atoms with Crippen LogP contribution >= 0.6 is 0 Å². The molecule has 3 aromatic carbocycles. The highest BCUT2D eigenvalue weighted by atomic mass is 32.2. The van der Waals surface area contributed by atoms with E-state index in [0.29, 0.717) is 11.1 Å². The number of alkyl halides is 3. The number of nitriles is 1. The van der Waals surface area contributed by atoms with Gasteiger partial charge in [0.1, 0.15) is 12.1 Å². The number of rotatable bonds is 10. The molecule has 2 N–H and O–H groups in total. The van der Waals surface area contributed by atoms with Gasteiger partial charge in [0, 0.05) is 12.7 Å². The first-order valence-corrected chi connectivity index (χ1v) is 14.2. The minimum atomic E-state index is -4.70. The Kier molecular flexibility index (Phi) is 9.54. The van der Waals surface area contributed by atoms with Gasteiger partial charge < -0.3 is 5.32 Å². The van der Waals surface area contributed by atoms with E-state index >= 15 is 0 Å². The van der Waals surface area contributed by atoms with E-state index in [1.807, 2.05) is 12.1 Å². The number of hydrogen-bond donors (Lipinski definition) is 2. The summed E-state index contributed by atoms with van der Waals surface area (Å²) in [5.74, 6) is -1.19. The lowest BCUT2D eigenvalue weighted by atomic mass is 9.97. The Morgan fingerprint density at radius 3 is 1.92 bits per heavy atom. The van der Waals surface area contributed by atoms with Crippen molar-refractivity contribution >= 4 is 15.7 Å². The Balaban J connectivity index is 1.80. The Bertz CT molecular complexity index is 1400. The second kappa shape index (κ2) is 12.5. The zero-order valence-corrected chi connectivity index (χ0v) is 22.6. The molecule has 39 heavy (non-hydrogen) atoms. The number of halogens is 3. The number of nitrogens with one attached hydrogen (secondary N) is 2. The summed E-state index contributed by atoms with van der Waals surface area (Å²) < 4.78 is 65.9. The first-order chi connectivity index (χ1) is 18.3. The van der Waals surface area contributed by atoms with E-state index in [4.69, 9.17) is 0 Å². The summed E-state index contributed by atoms with van der Waals surface area (Å²) in [6.45, 7) is 3.26. The molecule has 1 amide bonds. The third kappa shape index (κ3) is 8.15. The van der Waals surface area contributed by atoms with Gasteiger partial charge in [-0.25, -0.2) is 8.42 Å². The molecule has 3 rings (SSSR count). The van der Waals surface area contributed by atoms with E-state index in [9.17, 15) is 31.6 Å². The van der Waals surface area contributed by atoms with Crippen molar-refractivity contribution in [2.75, 3.05) is 6.26 Å². The molecule has 0 unspecified atom stereocenters. The quantitative estimate of drug-likeness (QED) is 0.356. The topological polar surface area (TPSA) is 99.1 Å². The van der Waals surface area contributed by atoms with Crippen LogP contribution in [0.2, 0.25) is 0 Å². The van der Waals surface area contributed by atoms with E-state index in [2.05, 4.69) is 10.6 Å². The van der Waals surface area contributed by atoms with Crippen LogP contribution in [0, 0.1) is 17.2 Å². The smallest absolute Gasteiger partial charge is 0.339 e. The molecule has 10 heteroatoms. The van der Waals surface area contributed by atoms with Crippen LogP contribution in [-0.4, -0.2) is 38.8 Å². The fraction of sp³-hybridized carbons (Fsp3) is 0.310. The molecule has 0 aliphatic heterocycles. The molecular weight excluding hydrogens is 527 g/mol. The molecule has 0 bridgehead atoms. The molecule has 6 nitrogen and oxygen atoms in total. The molecule has 0 aliphatic rings. The van der Waals surface area contributed by atoms with E-state index in [0.717, 1.165) is 11.8 Å². The lowest BCUT2D eigenvalue weighted by Crippen LogP contribution is -2.53. The number of benzene rings is 3. The van der Waals surface area contributed by atoms with Gasteiger partial charge in [0.25, 0.3) is 0 Å². The predicted octanol–water partition coefficient (Wildman–Crippen LogP) is 5.23. The standard InChI is InChI=1S/C29H30F3N3O3S/c1-19(2)26(28(36)34-24(18-33)17-20-7-5-4-6-8-20)35-27(29(30,31)32)23-11-9-21(10-12-23)22-13-15-25(16-14-22)39(3,37)38/h4-16,19,24,26-27,35H,17H2,1-3H3,(H,34,36)/t24-,26-,27-/m0/s1. The lowest BCUT2D eigenvalue weighted by molar-refractivity contribution is -0.161. The van der Waals surface area contributed by atoms with Gasteiger partial charge in [-0.1, -0.05) is 80.6 Å². The average Bonchev–Trinajstić information content (AvgIpc) is 2.88. The first-order valence-electron chi connectivity index (χ1n) is 12.3. The van der Waals surface area contributed by atoms with Gasteiger partial charge in [-0.2, -0.15) is 18.4 Å². The van der Waals surface area contributed by atoms with Gasteiger partial charge in [0.15, 0.2) is 9.84 Å². The van der Waals surface area contributed by atoms with Crippen LogP contribution < -0.4 is 10.6 Å². The number of carbonyl (C=O) groups excluding carboxylic acids is 1. The molecular formula is C29H30F3N3O3S. The Morgan fingerprint density at radius 2 is 1.46 bits per heavy atom. The summed E-state index contributed by atoms with van der Waals surface area (Å²) >= 11 is 0. The van der Waals surface area contributed by atoms with Crippen LogP contribution in [0.1, 0.15) is 31.0 Å². The Hall–Kier alpha value is -3.68. The van der Waals surface area contributed by atoms with Crippen LogP contribution in [0.5, 0.6) is 0 Å². The first kappa shape index (κ1) is 29.9. The number of nitrogens with zero attached hydrogens (tertiary/aromatic N) is 1. The van der Waals surface area contributed by atoms with Crippen molar-refractivity contribution in [2.24, 2.45) is 5.92 Å². The monoisotopic (exact) mass is 557 g/mol. The summed E-state index contributed by atoms with van der Waals surface area (Å²) in [4.78, 5) is 13.2. The van der Waals surface area contributed by atoms with Gasteiger partial charge in [-0.05, 0) is 40.3 Å². The summed E-state index contributed by atoms with van der Waals surface area (Å²) in [5.41, 5.74) is 1.98. The third-order valence-electron chi connectivity index (χ3n) is 6.24. The molecule has 3 aromatic rings. The van der Waals surface area contributed by atoms with Crippen molar-refractivity contribution in [1.82, 2.24) is 10.6 Å². The van der Waals surface area contributed by atoms with Crippen LogP contribution in [0.3, 0.4) is 0 Å². The average molecular weight is 558 g/mol. The van der Waals surface area contributed by atoms with Gasteiger partial charge in [-0.3, -0.25) is 10.1 Å². The van der Waals surface area contributed by atoms with Gasteiger partial charge in [0.05, 0.1) is 17.0 Å². The molecule has 0 saturated carbocycles. The van der Waals surface area contributed by atoms with Crippen molar-refractivity contribution in [1.29, 1.82) is 5.26 Å². The van der Waals surface area contributed by atoms with Crippen molar-refractivity contribution < 1.29 is 26.4 Å². The van der Waals surface area contributed by atoms with Crippen LogP contribution in [0.4, 0.5) is 13.2 Å². The maximum absolute atomic E-state index is 14.2. The molecule has 0 aliphatic carbocycles. The molecule has 206 valence electrons. The Labute approximate surface area is 226 Å². The van der Waals surface area contributed by atoms with Crippen molar-refractivity contribution in [2.45, 2.75) is 49.5 Å². The highest BCUT2D eigenvalue weighted by molar-refractivity contribution is 7.90. The minimum Gasteiger partial charge on any atom is -0.339 e. The van der Waals surface area contributed by atoms with Gasteiger partial charge in [-0.15, -0.1) is 0 Å². The minimum absolute atomic E-state index is 0.0847. The number of sulfone groups is 1. The number of carbonyl (C=O) groups is 1. The zero-order valence-electron chi connectivity index (χ0n) is 21.7. The second-order valence-electron chi connectivity index (χ2n) is 9.66. The van der Waals surface area contributed by atoms with Crippen molar-refractivity contribution in [3.05, 3.63) is 90.0 Å². The normalized spacial score (nSPS) is 14.3. The van der Waals surface area contributed by atoms with Gasteiger partial charge >= 0.3 is 6.18 Å². The van der Waals surface area contributed by atoms with Gasteiger partial charge in [0.2, 0.25) is 5.91 Å². The summed E-state index contributed by atoms with van der Waals surface area (Å²) in [6, 6.07) is 18.5. The fourth-order valence-electron chi connectivity index (χ4n) is 4.13. The van der Waals surface area contributed by atoms with Crippen LogP contribution in [0.15, 0.2) is 83.8 Å². The summed E-state index contributed by atoms with van der Waals surface area (Å²) in [5, 5.41) is 14.6. The molecule has 0 fully saturated rings. The van der Waals surface area contributed by atoms with E-state index in [-0.39, 0.29) is 16.9 Å². The summed E-state index contributed by atoms with van der Waals surface area (Å²) in [6.07, 6.45) is -3.39. The summed E-state index contributed by atoms with van der Waals surface area (Å²) in [7, 11) is -3.37. The molecule has 0 heterocycles. The predicted molar refractivity (Wildman–Crippen MR) is 143 cm³/mol. The molecule has 0 saturated heterocycles. The van der Waals surface area contributed by atoms with Crippen LogP contribution in [0.25, 0.3) is 11.1 Å². The van der Waals surface area contributed by atoms with E-state index in [1.54, 1.807) is 50.2 Å². The molecule has 0 spiro atoms. The third-order valence-corrected chi connectivity index (χ3v) is 7.37. The second-order valence-corrected chi connectivity index (χ2v) is 11.7. The highest BCUT2D eigenvalue weighted by Gasteiger charge is 2.43. The highest BCUT2D eigenvalue weighted by Crippen LogP contribution is 2.35. The SMILES string of the molecule is CC(C)[C@H](N[C@@H](c1ccc(-c2ccc(S(C)(=O)=O)cc2)cc1)C(F)(F)F)C(=O)N[C@H](C#N)Cc1ccccc1.